The second-order valence-electron chi connectivity index (χ2n) is 6.93. The van der Waals surface area contributed by atoms with Gasteiger partial charge in [-0.3, -0.25) is 0 Å². The molecule has 1 aliphatic heterocycles. The minimum absolute atomic E-state index is 0.763. The highest BCUT2D eigenvalue weighted by atomic mass is 15.1. The average Bonchev–Trinajstić information content (AvgIpc) is 2.49. The van der Waals surface area contributed by atoms with Gasteiger partial charge >= 0.3 is 0 Å². The molecule has 1 heterocycles. The Bertz CT molecular complexity index is 366. The summed E-state index contributed by atoms with van der Waals surface area (Å²) in [5.74, 6) is 1.65. The number of nitrogens with zero attached hydrogens (tertiary/aromatic N) is 1. The number of nitrogens with one attached hydrogen (secondary N) is 1. The van der Waals surface area contributed by atoms with Crippen molar-refractivity contribution < 1.29 is 0 Å². The molecule has 1 aromatic carbocycles. The second-order valence-corrected chi connectivity index (χ2v) is 6.93. The van der Waals surface area contributed by atoms with Crippen LogP contribution in [-0.2, 0) is 6.42 Å². The van der Waals surface area contributed by atoms with E-state index in [0.29, 0.717) is 0 Å². The average molecular weight is 288 g/mol. The van der Waals surface area contributed by atoms with Gasteiger partial charge in [-0.15, -0.1) is 0 Å². The predicted molar refractivity (Wildman–Crippen MR) is 91.6 cm³/mol. The van der Waals surface area contributed by atoms with Crippen molar-refractivity contribution in [1.29, 1.82) is 0 Å². The van der Waals surface area contributed by atoms with E-state index in [9.17, 15) is 0 Å². The van der Waals surface area contributed by atoms with Gasteiger partial charge in [-0.05, 0) is 75.8 Å². The molecule has 1 saturated heterocycles. The summed E-state index contributed by atoms with van der Waals surface area (Å²) in [5.41, 5.74) is 1.51. The largest absolute Gasteiger partial charge is 0.316 e. The lowest BCUT2D eigenvalue weighted by Crippen LogP contribution is -2.36. The van der Waals surface area contributed by atoms with E-state index >= 15 is 0 Å². The van der Waals surface area contributed by atoms with Crippen LogP contribution in [0.5, 0.6) is 0 Å². The smallest absolute Gasteiger partial charge is 0.000664 e. The normalized spacial score (nSPS) is 17.5. The van der Waals surface area contributed by atoms with Crippen molar-refractivity contribution in [2.24, 2.45) is 11.8 Å². The predicted octanol–water partition coefficient (Wildman–Crippen LogP) is 3.58. The first kappa shape index (κ1) is 16.5. The first-order valence-electron chi connectivity index (χ1n) is 8.71. The Balaban J connectivity index is 1.56. The van der Waals surface area contributed by atoms with Crippen molar-refractivity contribution >= 4 is 0 Å². The third-order valence-electron chi connectivity index (χ3n) is 4.45. The van der Waals surface area contributed by atoms with Gasteiger partial charge in [0, 0.05) is 0 Å². The molecule has 2 heteroatoms. The van der Waals surface area contributed by atoms with Crippen molar-refractivity contribution in [3.63, 3.8) is 0 Å². The number of hydrogen-bond donors (Lipinski definition) is 1. The Morgan fingerprint density at radius 3 is 2.52 bits per heavy atom. The van der Waals surface area contributed by atoms with Crippen molar-refractivity contribution in [3.8, 4) is 0 Å². The summed E-state index contributed by atoms with van der Waals surface area (Å²) in [6.45, 7) is 10.7. The molecule has 0 amide bonds. The molecule has 0 bridgehead atoms. The zero-order valence-electron chi connectivity index (χ0n) is 13.9. The molecule has 0 aromatic heterocycles. The first-order chi connectivity index (χ1) is 10.2. The van der Waals surface area contributed by atoms with E-state index in [1.54, 1.807) is 0 Å². The van der Waals surface area contributed by atoms with Crippen LogP contribution in [0.2, 0.25) is 0 Å². The number of hydrogen-bond acceptors (Lipinski definition) is 2. The Morgan fingerprint density at radius 2 is 1.86 bits per heavy atom. The van der Waals surface area contributed by atoms with Gasteiger partial charge in [0.1, 0.15) is 0 Å². The van der Waals surface area contributed by atoms with Crippen LogP contribution in [0, 0.1) is 11.8 Å². The van der Waals surface area contributed by atoms with E-state index in [1.807, 2.05) is 0 Å². The molecule has 1 aliphatic rings. The molecule has 0 saturated carbocycles. The fraction of sp³-hybridized carbons (Fsp3) is 0.684. The fourth-order valence-electron chi connectivity index (χ4n) is 3.18. The summed E-state index contributed by atoms with van der Waals surface area (Å²) in [6, 6.07) is 11.0. The van der Waals surface area contributed by atoms with Gasteiger partial charge < -0.3 is 10.2 Å². The van der Waals surface area contributed by atoms with Gasteiger partial charge in [-0.2, -0.15) is 0 Å². The summed E-state index contributed by atoms with van der Waals surface area (Å²) in [4.78, 5) is 2.65. The SMILES string of the molecule is CC(C)CNCCCN1CCC(Cc2ccccc2)CC1. The van der Waals surface area contributed by atoms with Gasteiger partial charge in [0.2, 0.25) is 0 Å². The van der Waals surface area contributed by atoms with Gasteiger partial charge in [-0.25, -0.2) is 0 Å². The summed E-state index contributed by atoms with van der Waals surface area (Å²) in [5, 5.41) is 3.54. The molecule has 0 spiro atoms. The Morgan fingerprint density at radius 1 is 1.14 bits per heavy atom. The molecule has 0 atom stereocenters. The fourth-order valence-corrected chi connectivity index (χ4v) is 3.18. The number of rotatable bonds is 8. The van der Waals surface area contributed by atoms with Crippen LogP contribution in [0.25, 0.3) is 0 Å². The topological polar surface area (TPSA) is 15.3 Å². The highest BCUT2D eigenvalue weighted by Crippen LogP contribution is 2.21. The van der Waals surface area contributed by atoms with Gasteiger partial charge in [0.25, 0.3) is 0 Å². The maximum absolute atomic E-state index is 3.54. The summed E-state index contributed by atoms with van der Waals surface area (Å²) >= 11 is 0. The maximum Gasteiger partial charge on any atom is -0.000664 e. The minimum Gasteiger partial charge on any atom is -0.316 e. The van der Waals surface area contributed by atoms with E-state index in [1.165, 1.54) is 57.4 Å². The van der Waals surface area contributed by atoms with E-state index in [4.69, 9.17) is 0 Å². The van der Waals surface area contributed by atoms with E-state index < -0.39 is 0 Å². The lowest BCUT2D eigenvalue weighted by molar-refractivity contribution is 0.182. The molecule has 1 N–H and O–H groups in total. The summed E-state index contributed by atoms with van der Waals surface area (Å²) < 4.78 is 0. The molecular formula is C19H32N2. The molecule has 1 aromatic rings. The third-order valence-corrected chi connectivity index (χ3v) is 4.45. The number of benzene rings is 1. The summed E-state index contributed by atoms with van der Waals surface area (Å²) in [7, 11) is 0. The van der Waals surface area contributed by atoms with E-state index in [-0.39, 0.29) is 0 Å². The molecule has 21 heavy (non-hydrogen) atoms. The standard InChI is InChI=1S/C19H32N2/c1-17(2)16-20-11-6-12-21-13-9-19(10-14-21)15-18-7-4-3-5-8-18/h3-5,7-8,17,19-20H,6,9-16H2,1-2H3. The zero-order chi connectivity index (χ0) is 14.9. The molecule has 118 valence electrons. The minimum atomic E-state index is 0.763. The molecule has 0 unspecified atom stereocenters. The van der Waals surface area contributed by atoms with Crippen molar-refractivity contribution in [2.75, 3.05) is 32.7 Å². The third kappa shape index (κ3) is 6.62. The second kappa shape index (κ2) is 9.22. The Hall–Kier alpha value is -0.860. The zero-order valence-corrected chi connectivity index (χ0v) is 13.9. The molecule has 2 nitrogen and oxygen atoms in total. The van der Waals surface area contributed by atoms with Crippen LogP contribution in [0.3, 0.4) is 0 Å². The monoisotopic (exact) mass is 288 g/mol. The summed E-state index contributed by atoms with van der Waals surface area (Å²) in [6.07, 6.45) is 5.29. The molecule has 0 aliphatic carbocycles. The molecule has 1 fully saturated rings. The van der Waals surface area contributed by atoms with Gasteiger partial charge in [-0.1, -0.05) is 44.2 Å². The molecule has 0 radical (unpaired) electrons. The number of likely N-dealkylation sites (tertiary alicyclic amines) is 1. The van der Waals surface area contributed by atoms with Crippen LogP contribution in [0.1, 0.15) is 38.7 Å². The van der Waals surface area contributed by atoms with Crippen LogP contribution >= 0.6 is 0 Å². The van der Waals surface area contributed by atoms with Crippen molar-refractivity contribution in [3.05, 3.63) is 35.9 Å². The van der Waals surface area contributed by atoms with Gasteiger partial charge in [0.15, 0.2) is 0 Å². The lowest BCUT2D eigenvalue weighted by atomic mass is 9.90. The number of piperidine rings is 1. The highest BCUT2D eigenvalue weighted by Gasteiger charge is 2.18. The van der Waals surface area contributed by atoms with Crippen LogP contribution in [0.15, 0.2) is 30.3 Å². The Kier molecular flexibility index (Phi) is 7.25. The maximum atomic E-state index is 3.54. The highest BCUT2D eigenvalue weighted by molar-refractivity contribution is 5.15. The Labute approximate surface area is 130 Å². The van der Waals surface area contributed by atoms with Gasteiger partial charge in [0.05, 0.1) is 0 Å². The molecule has 2 rings (SSSR count). The lowest BCUT2D eigenvalue weighted by Gasteiger charge is -2.32. The quantitative estimate of drug-likeness (QED) is 0.736. The van der Waals surface area contributed by atoms with Crippen LogP contribution in [0.4, 0.5) is 0 Å². The van der Waals surface area contributed by atoms with Crippen LogP contribution in [-0.4, -0.2) is 37.6 Å². The first-order valence-corrected chi connectivity index (χ1v) is 8.71. The van der Waals surface area contributed by atoms with Crippen LogP contribution < -0.4 is 5.32 Å². The van der Waals surface area contributed by atoms with Crippen molar-refractivity contribution in [1.82, 2.24) is 10.2 Å². The van der Waals surface area contributed by atoms with Crippen molar-refractivity contribution in [2.45, 2.75) is 39.5 Å². The molecular weight excluding hydrogens is 256 g/mol. The van der Waals surface area contributed by atoms with E-state index in [2.05, 4.69) is 54.4 Å². The van der Waals surface area contributed by atoms with E-state index in [0.717, 1.165) is 18.4 Å².